The molecule has 2 N–H and O–H groups in total. The van der Waals surface area contributed by atoms with Gasteiger partial charge in [0.25, 0.3) is 11.8 Å². The minimum Gasteiger partial charge on any atom is -0.390 e. The second-order valence-electron chi connectivity index (χ2n) is 6.00. The number of carbonyl (C=O) groups is 3. The van der Waals surface area contributed by atoms with Crippen LogP contribution in [0.4, 0.5) is 5.00 Å². The molecule has 7 nitrogen and oxygen atoms in total. The number of ether oxygens (including phenoxy) is 1. The molecular weight excluding hydrogens is 318 g/mol. The summed E-state index contributed by atoms with van der Waals surface area (Å²) in [4.78, 5) is 40.3. The summed E-state index contributed by atoms with van der Waals surface area (Å²) in [6.07, 6.45) is 0.561. The fraction of sp³-hybridized carbons (Fsp3) is 0.533. The van der Waals surface area contributed by atoms with Crippen LogP contribution in [0.2, 0.25) is 0 Å². The van der Waals surface area contributed by atoms with E-state index in [1.165, 1.54) is 23.3 Å². The number of anilines is 1. The molecule has 3 rings (SSSR count). The summed E-state index contributed by atoms with van der Waals surface area (Å²) in [5, 5.41) is 2.34. The average Bonchev–Trinajstić information content (AvgIpc) is 3.05. The smallest absolute Gasteiger partial charge is 0.256 e. The standard InChI is InChI=1S/C15H19N3O4S/c1-15(4-3-11(19)17(14(15)21)5-6-22-2)18-7-9-10(13(18)20)8-23-12(9)16/h8H,3-7,16H2,1-2H3. The Kier molecular flexibility index (Phi) is 3.89. The van der Waals surface area contributed by atoms with Gasteiger partial charge in [0.15, 0.2) is 0 Å². The summed E-state index contributed by atoms with van der Waals surface area (Å²) >= 11 is 1.34. The van der Waals surface area contributed by atoms with E-state index < -0.39 is 5.54 Å². The number of imide groups is 1. The van der Waals surface area contributed by atoms with Crippen LogP contribution in [0.3, 0.4) is 0 Å². The van der Waals surface area contributed by atoms with Crippen LogP contribution in [-0.4, -0.2) is 53.3 Å². The van der Waals surface area contributed by atoms with Crippen molar-refractivity contribution in [2.45, 2.75) is 31.8 Å². The monoisotopic (exact) mass is 337 g/mol. The first-order valence-corrected chi connectivity index (χ1v) is 8.29. The number of fused-ring (bicyclic) bond motifs is 1. The number of carbonyl (C=O) groups excluding carboxylic acids is 3. The van der Waals surface area contributed by atoms with E-state index in [2.05, 4.69) is 0 Å². The Morgan fingerprint density at radius 3 is 2.78 bits per heavy atom. The minimum absolute atomic E-state index is 0.190. The van der Waals surface area contributed by atoms with Crippen LogP contribution in [-0.2, 0) is 20.9 Å². The second-order valence-corrected chi connectivity index (χ2v) is 6.91. The van der Waals surface area contributed by atoms with Gasteiger partial charge in [0.1, 0.15) is 5.54 Å². The molecule has 3 amide bonds. The Bertz CT molecular complexity index is 686. The van der Waals surface area contributed by atoms with E-state index in [1.54, 1.807) is 17.2 Å². The quantitative estimate of drug-likeness (QED) is 0.822. The van der Waals surface area contributed by atoms with Gasteiger partial charge >= 0.3 is 0 Å². The number of likely N-dealkylation sites (tertiary alicyclic amines) is 1. The van der Waals surface area contributed by atoms with Crippen LogP contribution >= 0.6 is 11.3 Å². The lowest BCUT2D eigenvalue weighted by Crippen LogP contribution is -2.62. The number of nitrogen functional groups attached to an aromatic ring is 1. The van der Waals surface area contributed by atoms with Gasteiger partial charge < -0.3 is 15.4 Å². The van der Waals surface area contributed by atoms with Gasteiger partial charge in [-0.1, -0.05) is 0 Å². The van der Waals surface area contributed by atoms with Gasteiger partial charge in [-0.15, -0.1) is 11.3 Å². The van der Waals surface area contributed by atoms with Gasteiger partial charge in [-0.3, -0.25) is 19.3 Å². The van der Waals surface area contributed by atoms with Crippen LogP contribution in [0.5, 0.6) is 0 Å². The van der Waals surface area contributed by atoms with Crippen molar-refractivity contribution in [3.8, 4) is 0 Å². The van der Waals surface area contributed by atoms with E-state index >= 15 is 0 Å². The first kappa shape index (κ1) is 15.9. The molecule has 8 heteroatoms. The molecule has 1 aromatic heterocycles. The Morgan fingerprint density at radius 2 is 2.13 bits per heavy atom. The summed E-state index contributed by atoms with van der Waals surface area (Å²) in [6.45, 7) is 2.53. The summed E-state index contributed by atoms with van der Waals surface area (Å²) in [5.41, 5.74) is 6.24. The topological polar surface area (TPSA) is 92.9 Å². The summed E-state index contributed by atoms with van der Waals surface area (Å²) in [6, 6.07) is 0. The average molecular weight is 337 g/mol. The lowest BCUT2D eigenvalue weighted by Gasteiger charge is -2.43. The molecule has 0 aliphatic carbocycles. The van der Waals surface area contributed by atoms with Crippen molar-refractivity contribution in [2.24, 2.45) is 0 Å². The number of piperidine rings is 1. The van der Waals surface area contributed by atoms with Crippen molar-refractivity contribution in [3.63, 3.8) is 0 Å². The highest BCUT2D eigenvalue weighted by atomic mass is 32.1. The van der Waals surface area contributed by atoms with E-state index in [-0.39, 0.29) is 37.3 Å². The zero-order valence-electron chi connectivity index (χ0n) is 13.1. The molecule has 0 aromatic carbocycles. The van der Waals surface area contributed by atoms with Crippen molar-refractivity contribution < 1.29 is 19.1 Å². The maximum Gasteiger partial charge on any atom is 0.256 e. The number of hydrogen-bond donors (Lipinski definition) is 1. The molecule has 2 aliphatic heterocycles. The third-order valence-electron chi connectivity index (χ3n) is 4.67. The second kappa shape index (κ2) is 5.61. The molecule has 1 saturated heterocycles. The van der Waals surface area contributed by atoms with Crippen molar-refractivity contribution in [2.75, 3.05) is 26.0 Å². The van der Waals surface area contributed by atoms with Crippen molar-refractivity contribution in [1.82, 2.24) is 9.80 Å². The fourth-order valence-electron chi connectivity index (χ4n) is 3.17. The van der Waals surface area contributed by atoms with Gasteiger partial charge in [-0.25, -0.2) is 0 Å². The van der Waals surface area contributed by atoms with E-state index in [0.29, 0.717) is 23.5 Å². The number of thiophene rings is 1. The molecule has 1 unspecified atom stereocenters. The third-order valence-corrected chi connectivity index (χ3v) is 5.52. The number of methoxy groups -OCH3 is 1. The molecular formula is C15H19N3O4S. The molecule has 0 saturated carbocycles. The van der Waals surface area contributed by atoms with Gasteiger partial charge in [0.05, 0.1) is 30.3 Å². The van der Waals surface area contributed by atoms with Crippen LogP contribution in [0.25, 0.3) is 0 Å². The predicted molar refractivity (Wildman–Crippen MR) is 84.8 cm³/mol. The Hall–Kier alpha value is -1.93. The van der Waals surface area contributed by atoms with Crippen molar-refractivity contribution in [1.29, 1.82) is 0 Å². The van der Waals surface area contributed by atoms with Gasteiger partial charge in [0, 0.05) is 24.5 Å². The summed E-state index contributed by atoms with van der Waals surface area (Å²) in [7, 11) is 1.52. The number of rotatable bonds is 4. The van der Waals surface area contributed by atoms with Crippen LogP contribution < -0.4 is 5.73 Å². The molecule has 0 bridgehead atoms. The molecule has 0 spiro atoms. The van der Waals surface area contributed by atoms with E-state index in [0.717, 1.165) is 5.56 Å². The van der Waals surface area contributed by atoms with Gasteiger partial charge in [0.2, 0.25) is 5.91 Å². The molecule has 1 fully saturated rings. The number of nitrogens with two attached hydrogens (primary N) is 1. The SMILES string of the molecule is COCCN1C(=O)CCC(C)(N2Cc3c(csc3N)C2=O)C1=O. The van der Waals surface area contributed by atoms with Gasteiger partial charge in [-0.05, 0) is 13.3 Å². The Balaban J connectivity index is 1.88. The van der Waals surface area contributed by atoms with Crippen molar-refractivity contribution >= 4 is 34.1 Å². The maximum atomic E-state index is 12.9. The highest BCUT2D eigenvalue weighted by Crippen LogP contribution is 2.40. The lowest BCUT2D eigenvalue weighted by molar-refractivity contribution is -0.158. The molecule has 2 aliphatic rings. The highest BCUT2D eigenvalue weighted by molar-refractivity contribution is 7.14. The van der Waals surface area contributed by atoms with E-state index in [4.69, 9.17) is 10.5 Å². The predicted octanol–water partition coefficient (Wildman–Crippen LogP) is 0.840. The molecule has 3 heterocycles. The third kappa shape index (κ3) is 2.33. The Labute approximate surface area is 138 Å². The molecule has 23 heavy (non-hydrogen) atoms. The summed E-state index contributed by atoms with van der Waals surface area (Å²) < 4.78 is 4.97. The Morgan fingerprint density at radius 1 is 1.39 bits per heavy atom. The van der Waals surface area contributed by atoms with E-state index in [1.807, 2.05) is 0 Å². The summed E-state index contributed by atoms with van der Waals surface area (Å²) in [5.74, 6) is -0.749. The van der Waals surface area contributed by atoms with Gasteiger partial charge in [-0.2, -0.15) is 0 Å². The zero-order valence-corrected chi connectivity index (χ0v) is 13.9. The molecule has 0 radical (unpaired) electrons. The fourth-order valence-corrected chi connectivity index (χ4v) is 3.97. The van der Waals surface area contributed by atoms with Crippen LogP contribution in [0.15, 0.2) is 5.38 Å². The minimum atomic E-state index is -1.03. The van der Waals surface area contributed by atoms with E-state index in [9.17, 15) is 14.4 Å². The number of hydrogen-bond acceptors (Lipinski definition) is 6. The molecule has 1 atom stereocenters. The molecule has 1 aromatic rings. The molecule has 124 valence electrons. The largest absolute Gasteiger partial charge is 0.390 e. The maximum absolute atomic E-state index is 12.9. The zero-order chi connectivity index (χ0) is 16.8. The number of nitrogens with zero attached hydrogens (tertiary/aromatic N) is 2. The first-order chi connectivity index (χ1) is 10.9. The highest BCUT2D eigenvalue weighted by Gasteiger charge is 2.51. The number of amides is 3. The lowest BCUT2D eigenvalue weighted by atomic mass is 9.87. The normalized spacial score (nSPS) is 24.5. The van der Waals surface area contributed by atoms with Crippen LogP contribution in [0, 0.1) is 0 Å². The van der Waals surface area contributed by atoms with Crippen molar-refractivity contribution in [3.05, 3.63) is 16.5 Å². The first-order valence-electron chi connectivity index (χ1n) is 7.41. The van der Waals surface area contributed by atoms with Crippen LogP contribution in [0.1, 0.15) is 35.7 Å².